The zero-order valence-electron chi connectivity index (χ0n) is 12.8. The van der Waals surface area contributed by atoms with Crippen LogP contribution in [-0.4, -0.2) is 44.3 Å². The number of hydrazine groups is 2. The summed E-state index contributed by atoms with van der Waals surface area (Å²) in [5.41, 5.74) is -1.29. The predicted molar refractivity (Wildman–Crippen MR) is 78.7 cm³/mol. The van der Waals surface area contributed by atoms with Gasteiger partial charge in [-0.3, -0.25) is 20.2 Å². The Morgan fingerprint density at radius 2 is 1.11 bits per heavy atom. The smallest absolute Gasteiger partial charge is 0.358 e. The standard InChI is InChI=1S/C7H3N11O10/c19-14(20)2-4(16(23)24)8-11-1-12-7(13(6(2)11)10-18(27)28)3(15(21)22)5(9-12)17(25)26/h10H,1H2. The summed E-state index contributed by atoms with van der Waals surface area (Å²) in [6.07, 6.45) is 0. The molecule has 0 radical (unpaired) electrons. The van der Waals surface area contributed by atoms with Gasteiger partial charge in [-0.15, -0.1) is 14.4 Å². The van der Waals surface area contributed by atoms with Crippen molar-refractivity contribution in [1.82, 2.24) is 25.1 Å². The van der Waals surface area contributed by atoms with Gasteiger partial charge in [0, 0.05) is 0 Å². The molecule has 0 saturated heterocycles. The third kappa shape index (κ3) is 2.42. The highest BCUT2D eigenvalue weighted by molar-refractivity contribution is 5.79. The van der Waals surface area contributed by atoms with E-state index in [0.717, 1.165) is 0 Å². The summed E-state index contributed by atoms with van der Waals surface area (Å²) >= 11 is 0. The lowest BCUT2D eigenvalue weighted by Gasteiger charge is -2.20. The molecule has 2 aromatic heterocycles. The molecular formula is C7H3N11O10. The Hall–Kier alpha value is -4.98. The minimum atomic E-state index is -1.33. The molecule has 0 fully saturated rings. The van der Waals surface area contributed by atoms with Gasteiger partial charge in [0.25, 0.3) is 11.6 Å². The van der Waals surface area contributed by atoms with Crippen molar-refractivity contribution < 1.29 is 24.7 Å². The lowest BCUT2D eigenvalue weighted by Crippen LogP contribution is -2.44. The van der Waals surface area contributed by atoms with Crippen molar-refractivity contribution in [2.75, 3.05) is 5.01 Å². The van der Waals surface area contributed by atoms with E-state index in [1.165, 1.54) is 5.53 Å². The summed E-state index contributed by atoms with van der Waals surface area (Å²) in [6.45, 7) is -0.774. The van der Waals surface area contributed by atoms with E-state index < -0.39 is 66.0 Å². The Morgan fingerprint density at radius 3 is 1.39 bits per heavy atom. The Morgan fingerprint density at radius 1 is 0.714 bits per heavy atom. The maximum Gasteiger partial charge on any atom is 0.470 e. The molecule has 0 atom stereocenters. The van der Waals surface area contributed by atoms with Crippen molar-refractivity contribution in [1.29, 1.82) is 0 Å². The van der Waals surface area contributed by atoms with Crippen molar-refractivity contribution in [3.63, 3.8) is 0 Å². The first-order valence-electron chi connectivity index (χ1n) is 6.54. The van der Waals surface area contributed by atoms with Gasteiger partial charge in [0.2, 0.25) is 0 Å². The zero-order valence-corrected chi connectivity index (χ0v) is 12.8. The molecule has 1 N–H and O–H groups in total. The molecule has 0 amide bonds. The molecule has 0 unspecified atom stereocenters. The summed E-state index contributed by atoms with van der Waals surface area (Å²) in [7, 11) is 0. The van der Waals surface area contributed by atoms with Crippen molar-refractivity contribution in [2.45, 2.75) is 6.67 Å². The largest absolute Gasteiger partial charge is 0.470 e. The number of nitrogens with one attached hydrogen (secondary N) is 1. The Balaban J connectivity index is 2.38. The number of aromatic nitrogens is 4. The van der Waals surface area contributed by atoms with Gasteiger partial charge in [-0.05, 0) is 15.4 Å². The van der Waals surface area contributed by atoms with Crippen LogP contribution in [-0.2, 0) is 6.67 Å². The Bertz CT molecular complexity index is 1010. The van der Waals surface area contributed by atoms with Crippen molar-refractivity contribution >= 4 is 34.6 Å². The van der Waals surface area contributed by atoms with Crippen LogP contribution in [0.5, 0.6) is 0 Å². The van der Waals surface area contributed by atoms with E-state index >= 15 is 0 Å². The van der Waals surface area contributed by atoms with Crippen LogP contribution < -0.4 is 10.5 Å². The molecule has 21 heteroatoms. The summed E-state index contributed by atoms with van der Waals surface area (Å²) in [6, 6.07) is 0. The zero-order chi connectivity index (χ0) is 20.9. The summed E-state index contributed by atoms with van der Waals surface area (Å²) < 4.78 is 1.00. The lowest BCUT2D eigenvalue weighted by atomic mass is 10.4. The average Bonchev–Trinajstić information content (AvgIpc) is 3.12. The second-order valence-electron chi connectivity index (χ2n) is 4.85. The maximum absolute atomic E-state index is 11.3. The third-order valence-corrected chi connectivity index (χ3v) is 3.35. The van der Waals surface area contributed by atoms with E-state index in [4.69, 9.17) is 0 Å². The van der Waals surface area contributed by atoms with Gasteiger partial charge in [0.05, 0.1) is 20.0 Å². The van der Waals surface area contributed by atoms with E-state index in [-0.39, 0.29) is 5.01 Å². The van der Waals surface area contributed by atoms with Crippen LogP contribution in [0.25, 0.3) is 0 Å². The van der Waals surface area contributed by atoms with Gasteiger partial charge in [0.1, 0.15) is 0 Å². The molecule has 28 heavy (non-hydrogen) atoms. The first-order valence-corrected chi connectivity index (χ1v) is 6.54. The second kappa shape index (κ2) is 5.78. The molecule has 3 rings (SSSR count). The molecule has 0 spiro atoms. The Kier molecular flexibility index (Phi) is 3.68. The molecule has 1 aliphatic rings. The minimum absolute atomic E-state index is 0.0831. The van der Waals surface area contributed by atoms with Crippen LogP contribution in [0.4, 0.5) is 34.6 Å². The first kappa shape index (κ1) is 17.8. The van der Waals surface area contributed by atoms with E-state index in [0.29, 0.717) is 9.36 Å². The SMILES string of the molecule is O=[N+]([O-])NN1c2c([N+](=O)[O-])c([N+](=O)[O-])nn2Cn2nc([N+](=O)[O-])c([N+](=O)[O-])c21. The quantitative estimate of drug-likeness (QED) is 0.466. The van der Waals surface area contributed by atoms with Crippen molar-refractivity contribution in [3.05, 3.63) is 50.6 Å². The molecule has 21 nitrogen and oxygen atoms in total. The van der Waals surface area contributed by atoms with Gasteiger partial charge >= 0.3 is 23.0 Å². The van der Waals surface area contributed by atoms with Gasteiger partial charge in [-0.2, -0.15) is 0 Å². The first-order chi connectivity index (χ1) is 13.0. The number of nitro groups is 5. The highest BCUT2D eigenvalue weighted by Crippen LogP contribution is 2.46. The molecule has 0 bridgehead atoms. The van der Waals surface area contributed by atoms with Gasteiger partial charge in [-0.25, -0.2) is 10.1 Å². The van der Waals surface area contributed by atoms with Gasteiger partial charge < -0.3 is 20.2 Å². The molecule has 0 aromatic carbocycles. The van der Waals surface area contributed by atoms with Crippen LogP contribution in [0.3, 0.4) is 0 Å². The molecule has 0 saturated carbocycles. The fourth-order valence-electron chi connectivity index (χ4n) is 2.48. The van der Waals surface area contributed by atoms with Crippen LogP contribution in [0, 0.1) is 50.6 Å². The number of hydrogen-bond donors (Lipinski definition) is 1. The van der Waals surface area contributed by atoms with Crippen molar-refractivity contribution in [3.8, 4) is 0 Å². The average molecular weight is 401 g/mol. The number of anilines is 2. The van der Waals surface area contributed by atoms with Crippen molar-refractivity contribution in [2.24, 2.45) is 0 Å². The molecule has 1 aliphatic heterocycles. The van der Waals surface area contributed by atoms with Crippen LogP contribution in [0.2, 0.25) is 0 Å². The van der Waals surface area contributed by atoms with E-state index in [2.05, 4.69) is 10.2 Å². The van der Waals surface area contributed by atoms with E-state index in [9.17, 15) is 50.6 Å². The molecule has 3 heterocycles. The van der Waals surface area contributed by atoms with Gasteiger partial charge in [-0.1, -0.05) is 0 Å². The van der Waals surface area contributed by atoms with E-state index in [1.807, 2.05) is 0 Å². The number of nitrogens with zero attached hydrogens (tertiary/aromatic N) is 10. The van der Waals surface area contributed by atoms with E-state index in [1.54, 1.807) is 0 Å². The number of rotatable bonds is 6. The maximum atomic E-state index is 11.3. The summed E-state index contributed by atoms with van der Waals surface area (Å²) in [5, 5.41) is 61.0. The summed E-state index contributed by atoms with van der Waals surface area (Å²) in [4.78, 5) is 50.5. The van der Waals surface area contributed by atoms with Crippen LogP contribution in [0.1, 0.15) is 0 Å². The lowest BCUT2D eigenvalue weighted by molar-refractivity contribution is -0.545. The minimum Gasteiger partial charge on any atom is -0.358 e. The predicted octanol–water partition coefficient (Wildman–Crippen LogP) is -0.634. The fourth-order valence-corrected chi connectivity index (χ4v) is 2.48. The topological polar surface area (TPSA) is 267 Å². The Labute approximate surface area is 148 Å². The monoisotopic (exact) mass is 401 g/mol. The highest BCUT2D eigenvalue weighted by atomic mass is 16.7. The van der Waals surface area contributed by atoms with Crippen LogP contribution >= 0.6 is 0 Å². The van der Waals surface area contributed by atoms with Crippen LogP contribution in [0.15, 0.2) is 0 Å². The summed E-state index contributed by atoms with van der Waals surface area (Å²) in [5.74, 6) is -4.48. The third-order valence-electron chi connectivity index (χ3n) is 3.35. The molecule has 146 valence electrons. The molecule has 2 aromatic rings. The normalized spacial score (nSPS) is 12.1. The second-order valence-corrected chi connectivity index (χ2v) is 4.85. The number of fused-ring (bicyclic) bond motifs is 2. The highest BCUT2D eigenvalue weighted by Gasteiger charge is 2.52. The fraction of sp³-hybridized carbons (Fsp3) is 0.143. The molecular weight excluding hydrogens is 398 g/mol. The van der Waals surface area contributed by atoms with Gasteiger partial charge in [0.15, 0.2) is 11.7 Å². The number of hydrogen-bond acceptors (Lipinski definition) is 13. The molecule has 0 aliphatic carbocycles.